The van der Waals surface area contributed by atoms with E-state index in [9.17, 15) is 0 Å². The number of hydrogen-bond acceptors (Lipinski definition) is 3. The van der Waals surface area contributed by atoms with Crippen molar-refractivity contribution in [1.29, 1.82) is 0 Å². The molecule has 0 radical (unpaired) electrons. The van der Waals surface area contributed by atoms with Gasteiger partial charge < -0.3 is 15.0 Å². The van der Waals surface area contributed by atoms with Crippen LogP contribution in [0, 0.1) is 13.8 Å². The molecule has 0 bridgehead atoms. The molecule has 1 aliphatic heterocycles. The van der Waals surface area contributed by atoms with Crippen molar-refractivity contribution in [3.05, 3.63) is 29.6 Å². The van der Waals surface area contributed by atoms with Gasteiger partial charge in [0.25, 0.3) is 0 Å². The normalized spacial score (nSPS) is 19.8. The molecular formula is C14H21N3O. The van der Waals surface area contributed by atoms with Crippen molar-refractivity contribution in [2.45, 2.75) is 33.3 Å². The number of rotatable bonds is 2. The Kier molecular flexibility index (Phi) is 3.30. The van der Waals surface area contributed by atoms with Gasteiger partial charge in [0, 0.05) is 17.5 Å². The number of aromatic nitrogens is 1. The third-order valence-corrected chi connectivity index (χ3v) is 3.27. The van der Waals surface area contributed by atoms with Crippen LogP contribution in [0.2, 0.25) is 0 Å². The molecule has 0 fully saturated rings. The Morgan fingerprint density at radius 3 is 2.56 bits per heavy atom. The van der Waals surface area contributed by atoms with Crippen molar-refractivity contribution >= 4 is 11.5 Å². The standard InChI is InChI=1S/C14H21N3O/c1-10-5-6-11(2)17(10)13(15)9-12-14(3,4)18-8-7-16-12/h5-6,9H,7-8,15H2,1-4H3/b13-9+. The van der Waals surface area contributed by atoms with Crippen molar-refractivity contribution in [3.8, 4) is 0 Å². The van der Waals surface area contributed by atoms with Gasteiger partial charge in [0.2, 0.25) is 0 Å². The molecule has 0 atom stereocenters. The molecule has 1 aromatic rings. The first-order chi connectivity index (χ1) is 8.42. The second-order valence-electron chi connectivity index (χ2n) is 5.15. The number of nitrogens with zero attached hydrogens (tertiary/aromatic N) is 2. The molecule has 0 saturated heterocycles. The van der Waals surface area contributed by atoms with E-state index < -0.39 is 0 Å². The lowest BCUT2D eigenvalue weighted by Crippen LogP contribution is -2.39. The Hall–Kier alpha value is -1.55. The number of aliphatic imine (C=N–C) groups is 1. The van der Waals surface area contributed by atoms with E-state index in [0.717, 1.165) is 17.1 Å². The van der Waals surface area contributed by atoms with E-state index >= 15 is 0 Å². The maximum Gasteiger partial charge on any atom is 0.109 e. The van der Waals surface area contributed by atoms with E-state index in [2.05, 4.69) is 17.1 Å². The average molecular weight is 247 g/mol. The third-order valence-electron chi connectivity index (χ3n) is 3.27. The van der Waals surface area contributed by atoms with Gasteiger partial charge in [0.15, 0.2) is 0 Å². The van der Waals surface area contributed by atoms with Crippen molar-refractivity contribution in [3.63, 3.8) is 0 Å². The largest absolute Gasteiger partial charge is 0.385 e. The van der Waals surface area contributed by atoms with Crippen LogP contribution in [0.15, 0.2) is 23.2 Å². The third kappa shape index (κ3) is 2.34. The molecule has 0 saturated carbocycles. The minimum absolute atomic E-state index is 0.363. The lowest BCUT2D eigenvalue weighted by molar-refractivity contribution is 0.0322. The van der Waals surface area contributed by atoms with Crippen LogP contribution >= 0.6 is 0 Å². The van der Waals surface area contributed by atoms with Gasteiger partial charge >= 0.3 is 0 Å². The van der Waals surface area contributed by atoms with Crippen LogP contribution in [-0.2, 0) is 4.74 Å². The summed E-state index contributed by atoms with van der Waals surface area (Å²) < 4.78 is 7.74. The average Bonchev–Trinajstić information content (AvgIpc) is 2.61. The zero-order valence-corrected chi connectivity index (χ0v) is 11.5. The van der Waals surface area contributed by atoms with E-state index in [0.29, 0.717) is 19.0 Å². The Balaban J connectivity index is 2.37. The van der Waals surface area contributed by atoms with Crippen LogP contribution in [0.3, 0.4) is 0 Å². The SMILES string of the molecule is Cc1ccc(C)n1/C(N)=C/C1=NCCOC1(C)C. The van der Waals surface area contributed by atoms with Crippen LogP contribution in [0.4, 0.5) is 0 Å². The van der Waals surface area contributed by atoms with Gasteiger partial charge in [-0.25, -0.2) is 0 Å². The van der Waals surface area contributed by atoms with Gasteiger partial charge in [-0.15, -0.1) is 0 Å². The molecule has 1 aromatic heterocycles. The van der Waals surface area contributed by atoms with Crippen molar-refractivity contribution in [2.24, 2.45) is 10.7 Å². The molecule has 1 aliphatic rings. The molecule has 18 heavy (non-hydrogen) atoms. The molecule has 4 heteroatoms. The number of aryl methyl sites for hydroxylation is 2. The smallest absolute Gasteiger partial charge is 0.109 e. The second-order valence-corrected chi connectivity index (χ2v) is 5.15. The first-order valence-electron chi connectivity index (χ1n) is 6.23. The fourth-order valence-electron chi connectivity index (χ4n) is 2.23. The highest BCUT2D eigenvalue weighted by Gasteiger charge is 2.27. The van der Waals surface area contributed by atoms with E-state index in [1.807, 2.05) is 38.3 Å². The molecule has 2 heterocycles. The predicted molar refractivity (Wildman–Crippen MR) is 74.7 cm³/mol. The van der Waals surface area contributed by atoms with Gasteiger partial charge in [0.1, 0.15) is 11.4 Å². The summed E-state index contributed by atoms with van der Waals surface area (Å²) in [7, 11) is 0. The lowest BCUT2D eigenvalue weighted by atomic mass is 10.0. The summed E-state index contributed by atoms with van der Waals surface area (Å²) in [6.45, 7) is 9.49. The Bertz CT molecular complexity index is 490. The van der Waals surface area contributed by atoms with Crippen molar-refractivity contribution in [1.82, 2.24) is 4.57 Å². The summed E-state index contributed by atoms with van der Waals surface area (Å²) >= 11 is 0. The fourth-order valence-corrected chi connectivity index (χ4v) is 2.23. The maximum absolute atomic E-state index is 6.18. The summed E-state index contributed by atoms with van der Waals surface area (Å²) in [6, 6.07) is 4.11. The molecular weight excluding hydrogens is 226 g/mol. The quantitative estimate of drug-likeness (QED) is 0.870. The van der Waals surface area contributed by atoms with E-state index in [1.54, 1.807) is 0 Å². The van der Waals surface area contributed by atoms with Crippen LogP contribution in [0.1, 0.15) is 25.2 Å². The van der Waals surface area contributed by atoms with Crippen molar-refractivity contribution in [2.75, 3.05) is 13.2 Å². The fraction of sp³-hybridized carbons (Fsp3) is 0.500. The highest BCUT2D eigenvalue weighted by Crippen LogP contribution is 2.19. The zero-order valence-electron chi connectivity index (χ0n) is 11.5. The molecule has 0 amide bonds. The summed E-state index contributed by atoms with van der Waals surface area (Å²) in [5, 5.41) is 0. The molecule has 0 aliphatic carbocycles. The minimum atomic E-state index is -0.363. The molecule has 0 spiro atoms. The highest BCUT2D eigenvalue weighted by atomic mass is 16.5. The molecule has 4 nitrogen and oxygen atoms in total. The van der Waals surface area contributed by atoms with E-state index in [4.69, 9.17) is 10.5 Å². The first kappa shape index (κ1) is 12.9. The van der Waals surface area contributed by atoms with E-state index in [1.165, 1.54) is 0 Å². The number of hydrogen-bond donors (Lipinski definition) is 1. The first-order valence-corrected chi connectivity index (χ1v) is 6.23. The van der Waals surface area contributed by atoms with Crippen LogP contribution in [0.25, 0.3) is 5.82 Å². The second kappa shape index (κ2) is 4.61. The molecule has 2 rings (SSSR count). The van der Waals surface area contributed by atoms with Gasteiger partial charge in [-0.05, 0) is 39.8 Å². The van der Waals surface area contributed by atoms with Gasteiger partial charge in [-0.2, -0.15) is 0 Å². The predicted octanol–water partition coefficient (Wildman–Crippen LogP) is 2.11. The molecule has 0 unspecified atom stereocenters. The molecule has 0 aromatic carbocycles. The topological polar surface area (TPSA) is 52.5 Å². The van der Waals surface area contributed by atoms with Gasteiger partial charge in [-0.1, -0.05) is 0 Å². The maximum atomic E-state index is 6.18. The van der Waals surface area contributed by atoms with Crippen LogP contribution < -0.4 is 5.73 Å². The monoisotopic (exact) mass is 247 g/mol. The Morgan fingerprint density at radius 2 is 2.00 bits per heavy atom. The van der Waals surface area contributed by atoms with Crippen molar-refractivity contribution < 1.29 is 4.74 Å². The lowest BCUT2D eigenvalue weighted by Gasteiger charge is -2.29. The van der Waals surface area contributed by atoms with Gasteiger partial charge in [0.05, 0.1) is 18.9 Å². The van der Waals surface area contributed by atoms with Gasteiger partial charge in [-0.3, -0.25) is 4.99 Å². The van der Waals surface area contributed by atoms with Crippen LogP contribution in [0.5, 0.6) is 0 Å². The zero-order chi connectivity index (χ0) is 13.3. The summed E-state index contributed by atoms with van der Waals surface area (Å²) in [5.74, 6) is 0.687. The minimum Gasteiger partial charge on any atom is -0.385 e. The van der Waals surface area contributed by atoms with Crippen LogP contribution in [-0.4, -0.2) is 29.0 Å². The Labute approximate surface area is 108 Å². The highest BCUT2D eigenvalue weighted by molar-refractivity contribution is 6.04. The summed E-state index contributed by atoms with van der Waals surface area (Å²) in [6.07, 6.45) is 1.92. The number of ether oxygens (including phenoxy) is 1. The molecule has 2 N–H and O–H groups in total. The van der Waals surface area contributed by atoms with E-state index in [-0.39, 0.29) is 5.60 Å². The summed E-state index contributed by atoms with van der Waals surface area (Å²) in [4.78, 5) is 4.51. The summed E-state index contributed by atoms with van der Waals surface area (Å²) in [5.41, 5.74) is 8.96. The number of nitrogens with two attached hydrogens (primary N) is 1. The Morgan fingerprint density at radius 1 is 1.39 bits per heavy atom. The molecule has 98 valence electrons.